The van der Waals surface area contributed by atoms with Gasteiger partial charge < -0.3 is 10.1 Å². The van der Waals surface area contributed by atoms with Crippen molar-refractivity contribution < 1.29 is 9.13 Å². The Kier molecular flexibility index (Phi) is 5.37. The second-order valence-electron chi connectivity index (χ2n) is 5.17. The first-order valence-electron chi connectivity index (χ1n) is 7.17. The minimum Gasteiger partial charge on any atom is -0.494 e. The summed E-state index contributed by atoms with van der Waals surface area (Å²) in [4.78, 5) is 2.65. The third-order valence-corrected chi connectivity index (χ3v) is 4.90. The predicted molar refractivity (Wildman–Crippen MR) is 86.9 cm³/mol. The number of methoxy groups -OCH3 is 1. The van der Waals surface area contributed by atoms with Crippen LogP contribution in [0.1, 0.15) is 33.8 Å². The Morgan fingerprint density at radius 3 is 2.57 bits per heavy atom. The number of ether oxygens (including phenoxy) is 1. The van der Waals surface area contributed by atoms with E-state index in [-0.39, 0.29) is 11.9 Å². The summed E-state index contributed by atoms with van der Waals surface area (Å²) in [6.07, 6.45) is 0.772. The van der Waals surface area contributed by atoms with Crippen LogP contribution >= 0.6 is 11.3 Å². The minimum atomic E-state index is -0.302. The third kappa shape index (κ3) is 3.83. The van der Waals surface area contributed by atoms with Gasteiger partial charge in [-0.25, -0.2) is 4.39 Å². The van der Waals surface area contributed by atoms with Crippen molar-refractivity contribution in [1.82, 2.24) is 5.32 Å². The van der Waals surface area contributed by atoms with Crippen LogP contribution in [0.25, 0.3) is 0 Å². The molecule has 0 spiro atoms. The average Bonchev–Trinajstić information content (AvgIpc) is 2.78. The zero-order valence-electron chi connectivity index (χ0n) is 13.0. The first-order chi connectivity index (χ1) is 10.0. The first-order valence-corrected chi connectivity index (χ1v) is 7.99. The van der Waals surface area contributed by atoms with Crippen LogP contribution in [0.5, 0.6) is 5.75 Å². The van der Waals surface area contributed by atoms with Crippen LogP contribution in [0.15, 0.2) is 24.3 Å². The van der Waals surface area contributed by atoms with E-state index in [9.17, 15) is 4.39 Å². The highest BCUT2D eigenvalue weighted by Gasteiger charge is 2.15. The van der Waals surface area contributed by atoms with Crippen molar-refractivity contribution in [2.45, 2.75) is 33.2 Å². The molecule has 2 nitrogen and oxygen atoms in total. The minimum absolute atomic E-state index is 0.222. The van der Waals surface area contributed by atoms with Crippen molar-refractivity contribution in [3.05, 3.63) is 51.0 Å². The van der Waals surface area contributed by atoms with Gasteiger partial charge in [-0.15, -0.1) is 11.3 Å². The molecule has 2 rings (SSSR count). The van der Waals surface area contributed by atoms with Gasteiger partial charge in [0.2, 0.25) is 0 Å². The number of likely N-dealkylation sites (N-methyl/N-ethyl adjacent to an activating group) is 1. The SMILES string of the molecule is CCNC(Cc1ccc(OC)c(F)c1)c1cc(C)c(C)s1. The molecule has 1 atom stereocenters. The highest BCUT2D eigenvalue weighted by Crippen LogP contribution is 2.29. The number of nitrogens with one attached hydrogen (secondary N) is 1. The lowest BCUT2D eigenvalue weighted by Crippen LogP contribution is -2.22. The second-order valence-corrected chi connectivity index (χ2v) is 6.46. The van der Waals surface area contributed by atoms with E-state index >= 15 is 0 Å². The van der Waals surface area contributed by atoms with Gasteiger partial charge >= 0.3 is 0 Å². The van der Waals surface area contributed by atoms with E-state index in [0.29, 0.717) is 5.75 Å². The van der Waals surface area contributed by atoms with Gasteiger partial charge in [-0.05, 0) is 56.1 Å². The summed E-state index contributed by atoms with van der Waals surface area (Å²) in [6.45, 7) is 7.25. The standard InChI is InChI=1S/C17H22FNOS/c1-5-19-15(17-8-11(2)12(3)21-17)10-13-6-7-16(20-4)14(18)9-13/h6-9,15,19H,5,10H2,1-4H3. The number of hydrogen-bond acceptors (Lipinski definition) is 3. The Labute approximate surface area is 130 Å². The first kappa shape index (κ1) is 16.0. The maximum absolute atomic E-state index is 13.8. The Bertz CT molecular complexity index is 589. The molecule has 0 aliphatic heterocycles. The zero-order valence-corrected chi connectivity index (χ0v) is 13.8. The van der Waals surface area contributed by atoms with Crippen LogP contribution in [0, 0.1) is 19.7 Å². The van der Waals surface area contributed by atoms with Crippen molar-refractivity contribution in [2.75, 3.05) is 13.7 Å². The van der Waals surface area contributed by atoms with Crippen LogP contribution in [-0.2, 0) is 6.42 Å². The lowest BCUT2D eigenvalue weighted by atomic mass is 10.0. The smallest absolute Gasteiger partial charge is 0.165 e. The van der Waals surface area contributed by atoms with Gasteiger partial charge in [0.05, 0.1) is 7.11 Å². The molecule has 114 valence electrons. The zero-order chi connectivity index (χ0) is 15.4. The fourth-order valence-electron chi connectivity index (χ4n) is 2.37. The molecular formula is C17H22FNOS. The van der Waals surface area contributed by atoms with Gasteiger partial charge in [-0.3, -0.25) is 0 Å². The Balaban J connectivity index is 2.21. The largest absolute Gasteiger partial charge is 0.494 e. The van der Waals surface area contributed by atoms with Crippen LogP contribution in [-0.4, -0.2) is 13.7 Å². The fraction of sp³-hybridized carbons (Fsp3) is 0.412. The van der Waals surface area contributed by atoms with Crippen molar-refractivity contribution in [3.63, 3.8) is 0 Å². The molecule has 1 N–H and O–H groups in total. The van der Waals surface area contributed by atoms with Gasteiger partial charge in [0.15, 0.2) is 11.6 Å². The van der Waals surface area contributed by atoms with Crippen molar-refractivity contribution in [1.29, 1.82) is 0 Å². The fourth-order valence-corrected chi connectivity index (χ4v) is 3.48. The predicted octanol–water partition coefficient (Wildman–Crippen LogP) is 4.41. The van der Waals surface area contributed by atoms with Crippen molar-refractivity contribution in [3.8, 4) is 5.75 Å². The molecule has 0 saturated carbocycles. The highest BCUT2D eigenvalue weighted by atomic mass is 32.1. The summed E-state index contributed by atoms with van der Waals surface area (Å²) >= 11 is 1.81. The summed E-state index contributed by atoms with van der Waals surface area (Å²) in [7, 11) is 1.48. The number of halogens is 1. The number of aryl methyl sites for hydroxylation is 2. The van der Waals surface area contributed by atoms with Gasteiger partial charge in [0, 0.05) is 15.8 Å². The topological polar surface area (TPSA) is 21.3 Å². The molecule has 0 bridgehead atoms. The molecule has 0 amide bonds. The molecule has 0 radical (unpaired) electrons. The molecule has 0 saturated heterocycles. The molecule has 1 heterocycles. The molecule has 0 aliphatic carbocycles. The number of benzene rings is 1. The van der Waals surface area contributed by atoms with Crippen LogP contribution < -0.4 is 10.1 Å². The van der Waals surface area contributed by atoms with E-state index in [0.717, 1.165) is 18.5 Å². The highest BCUT2D eigenvalue weighted by molar-refractivity contribution is 7.12. The van der Waals surface area contributed by atoms with Gasteiger partial charge in [0.1, 0.15) is 0 Å². The van der Waals surface area contributed by atoms with Crippen molar-refractivity contribution in [2.24, 2.45) is 0 Å². The number of rotatable bonds is 6. The second kappa shape index (κ2) is 7.05. The normalized spacial score (nSPS) is 12.4. The van der Waals surface area contributed by atoms with Crippen LogP contribution in [0.4, 0.5) is 4.39 Å². The summed E-state index contributed by atoms with van der Waals surface area (Å²) in [5, 5.41) is 3.49. The molecule has 4 heteroatoms. The molecule has 1 aromatic heterocycles. The quantitative estimate of drug-likeness (QED) is 0.853. The molecule has 21 heavy (non-hydrogen) atoms. The number of hydrogen-bond donors (Lipinski definition) is 1. The molecule has 2 aromatic rings. The molecule has 1 unspecified atom stereocenters. The Hall–Kier alpha value is -1.39. The maximum Gasteiger partial charge on any atom is 0.165 e. The molecular weight excluding hydrogens is 285 g/mol. The third-order valence-electron chi connectivity index (χ3n) is 3.64. The summed E-state index contributed by atoms with van der Waals surface area (Å²) in [6, 6.07) is 7.64. The van der Waals surface area contributed by atoms with Gasteiger partial charge in [-0.1, -0.05) is 13.0 Å². The van der Waals surface area contributed by atoms with Gasteiger partial charge in [0.25, 0.3) is 0 Å². The van der Waals surface area contributed by atoms with E-state index in [1.165, 1.54) is 22.4 Å². The lowest BCUT2D eigenvalue weighted by molar-refractivity contribution is 0.386. The van der Waals surface area contributed by atoms with E-state index in [1.807, 2.05) is 17.4 Å². The molecule has 0 aliphatic rings. The summed E-state index contributed by atoms with van der Waals surface area (Å²) < 4.78 is 18.8. The average molecular weight is 307 g/mol. The van der Waals surface area contributed by atoms with Crippen LogP contribution in [0.2, 0.25) is 0 Å². The Morgan fingerprint density at radius 1 is 1.29 bits per heavy atom. The molecule has 0 fully saturated rings. The molecule has 1 aromatic carbocycles. The Morgan fingerprint density at radius 2 is 2.05 bits per heavy atom. The van der Waals surface area contributed by atoms with E-state index < -0.39 is 0 Å². The van der Waals surface area contributed by atoms with E-state index in [1.54, 1.807) is 12.1 Å². The monoisotopic (exact) mass is 307 g/mol. The lowest BCUT2D eigenvalue weighted by Gasteiger charge is -2.17. The number of thiophene rings is 1. The summed E-state index contributed by atoms with van der Waals surface area (Å²) in [5.41, 5.74) is 2.29. The van der Waals surface area contributed by atoms with Crippen molar-refractivity contribution >= 4 is 11.3 Å². The van der Waals surface area contributed by atoms with E-state index in [2.05, 4.69) is 32.2 Å². The van der Waals surface area contributed by atoms with Gasteiger partial charge in [-0.2, -0.15) is 0 Å². The van der Waals surface area contributed by atoms with Crippen LogP contribution in [0.3, 0.4) is 0 Å². The van der Waals surface area contributed by atoms with E-state index in [4.69, 9.17) is 4.74 Å². The maximum atomic E-state index is 13.8. The summed E-state index contributed by atoms with van der Waals surface area (Å²) in [5.74, 6) is -0.00893.